The number of allylic oxidation sites excluding steroid dienone is 4. The Labute approximate surface area is 216 Å². The zero-order valence-electron chi connectivity index (χ0n) is 20.8. The summed E-state index contributed by atoms with van der Waals surface area (Å²) in [6.07, 6.45) is 0.124. The number of esters is 2. The Bertz CT molecular complexity index is 1090. The van der Waals surface area contributed by atoms with E-state index in [9.17, 15) is 24.3 Å². The average molecular weight is 573 g/mol. The summed E-state index contributed by atoms with van der Waals surface area (Å²) in [5.74, 6) is -5.05. The van der Waals surface area contributed by atoms with Crippen molar-refractivity contribution in [3.05, 3.63) is 23.8 Å². The van der Waals surface area contributed by atoms with Gasteiger partial charge in [0.05, 0.1) is 10.9 Å². The number of ether oxygens (including phenoxy) is 2. The highest BCUT2D eigenvalue weighted by atomic mass is 79.9. The van der Waals surface area contributed by atoms with Gasteiger partial charge in [-0.05, 0) is 43.4 Å². The van der Waals surface area contributed by atoms with Crippen LogP contribution in [0.2, 0.25) is 0 Å². The van der Waals surface area contributed by atoms with Crippen molar-refractivity contribution >= 4 is 39.4 Å². The van der Waals surface area contributed by atoms with Gasteiger partial charge in [0.1, 0.15) is 6.17 Å². The third-order valence-corrected chi connectivity index (χ3v) is 10.3. The largest absolute Gasteiger partial charge is 0.458 e. The third-order valence-electron chi connectivity index (χ3n) is 9.31. The summed E-state index contributed by atoms with van der Waals surface area (Å²) in [6, 6.07) is 0. The van der Waals surface area contributed by atoms with Gasteiger partial charge in [-0.3, -0.25) is 19.2 Å². The smallest absolute Gasteiger partial charge is 0.303 e. The van der Waals surface area contributed by atoms with Gasteiger partial charge in [0.2, 0.25) is 5.78 Å². The van der Waals surface area contributed by atoms with Gasteiger partial charge >= 0.3 is 11.9 Å². The van der Waals surface area contributed by atoms with Crippen LogP contribution in [0, 0.1) is 28.6 Å². The molecule has 0 saturated heterocycles. The molecule has 1 N–H and O–H groups in total. The molecule has 0 aromatic rings. The Hall–Kier alpha value is -1.94. The first kappa shape index (κ1) is 27.1. The van der Waals surface area contributed by atoms with Crippen molar-refractivity contribution in [2.75, 3.05) is 6.61 Å². The van der Waals surface area contributed by atoms with Crippen molar-refractivity contribution in [3.8, 4) is 0 Å². The average Bonchev–Trinajstić information content (AvgIpc) is 2.99. The van der Waals surface area contributed by atoms with Gasteiger partial charge in [-0.25, -0.2) is 8.78 Å². The van der Waals surface area contributed by atoms with Crippen molar-refractivity contribution in [2.24, 2.45) is 28.6 Å². The number of rotatable bonds is 4. The molecule has 4 rings (SSSR count). The van der Waals surface area contributed by atoms with E-state index in [4.69, 9.17) is 9.47 Å². The van der Waals surface area contributed by atoms with Crippen LogP contribution in [0.5, 0.6) is 0 Å². The summed E-state index contributed by atoms with van der Waals surface area (Å²) >= 11 is 3.36. The second-order valence-electron chi connectivity index (χ2n) is 11.1. The van der Waals surface area contributed by atoms with Gasteiger partial charge in [0, 0.05) is 36.5 Å². The molecule has 0 amide bonds. The van der Waals surface area contributed by atoms with E-state index >= 15 is 8.78 Å². The third kappa shape index (κ3) is 3.28. The van der Waals surface area contributed by atoms with Crippen LogP contribution >= 0.6 is 15.9 Å². The zero-order valence-corrected chi connectivity index (χ0v) is 22.4. The second kappa shape index (κ2) is 8.55. The van der Waals surface area contributed by atoms with Crippen LogP contribution in [0.25, 0.3) is 0 Å². The van der Waals surface area contributed by atoms with Gasteiger partial charge in [0.25, 0.3) is 0 Å². The van der Waals surface area contributed by atoms with Gasteiger partial charge < -0.3 is 14.6 Å². The van der Waals surface area contributed by atoms with Crippen LogP contribution in [0.4, 0.5) is 8.78 Å². The zero-order chi connectivity index (χ0) is 27.0. The van der Waals surface area contributed by atoms with E-state index in [0.717, 1.165) is 19.9 Å². The molecular weight excluding hydrogens is 542 g/mol. The molecule has 198 valence electrons. The van der Waals surface area contributed by atoms with E-state index in [0.29, 0.717) is 0 Å². The summed E-state index contributed by atoms with van der Waals surface area (Å²) in [7, 11) is 0. The Balaban J connectivity index is 1.89. The fourth-order valence-electron chi connectivity index (χ4n) is 7.84. The molecule has 0 aromatic heterocycles. The highest BCUT2D eigenvalue weighted by Crippen LogP contribution is 2.72. The summed E-state index contributed by atoms with van der Waals surface area (Å²) < 4.78 is 44.1. The Morgan fingerprint density at radius 2 is 1.86 bits per heavy atom. The van der Waals surface area contributed by atoms with Gasteiger partial charge in [-0.2, -0.15) is 0 Å². The molecule has 36 heavy (non-hydrogen) atoms. The Kier molecular flexibility index (Phi) is 6.43. The molecule has 10 heteroatoms. The molecule has 4 aliphatic rings. The highest BCUT2D eigenvalue weighted by Gasteiger charge is 2.79. The maximum atomic E-state index is 17.5. The minimum atomic E-state index is -2.39. The Morgan fingerprint density at radius 3 is 2.44 bits per heavy atom. The number of halogens is 3. The lowest BCUT2D eigenvalue weighted by molar-refractivity contribution is -0.229. The number of carbonyl (C=O) groups excluding carboxylic acids is 4. The van der Waals surface area contributed by atoms with E-state index in [1.54, 1.807) is 13.8 Å². The van der Waals surface area contributed by atoms with Crippen molar-refractivity contribution in [3.63, 3.8) is 0 Å². The molecule has 0 radical (unpaired) electrons. The number of hydrogen-bond donors (Lipinski definition) is 1. The maximum Gasteiger partial charge on any atom is 0.303 e. The van der Waals surface area contributed by atoms with E-state index in [1.165, 1.54) is 19.1 Å². The van der Waals surface area contributed by atoms with Crippen LogP contribution < -0.4 is 0 Å². The van der Waals surface area contributed by atoms with E-state index in [-0.39, 0.29) is 18.4 Å². The Morgan fingerprint density at radius 1 is 1.22 bits per heavy atom. The van der Waals surface area contributed by atoms with Crippen molar-refractivity contribution in [2.45, 2.75) is 75.8 Å². The lowest BCUT2D eigenvalue weighted by atomic mass is 9.44. The number of hydrogen-bond acceptors (Lipinski definition) is 7. The van der Waals surface area contributed by atoms with Crippen molar-refractivity contribution in [1.82, 2.24) is 0 Å². The first-order valence-corrected chi connectivity index (χ1v) is 13.0. The minimum absolute atomic E-state index is 0.0403. The van der Waals surface area contributed by atoms with Crippen molar-refractivity contribution in [1.29, 1.82) is 0 Å². The SMILES string of the molecule is CC(=O)OCC(=O)[C@]1(OC(C)=O)[C@H](C)C[C@H]2[C@@H]3[C@H](Br)[C@@H](F)C4=CC(=O)C=C[C@]4(C)[C@@]3(F)[C@@H](O)C[C@@]21C. The molecule has 0 spiro atoms. The summed E-state index contributed by atoms with van der Waals surface area (Å²) in [5, 5.41) is 11.5. The standard InChI is InChI=1S/C26H31BrF2O7/c1-12-8-16-20-21(27)22(28)17-9-15(32)6-7-23(17,4)25(20,29)18(33)10-24(16,5)26(12,36-14(3)31)19(34)11-35-13(2)30/h6-7,9,12,16,18,20-22,33H,8,10-11H2,1-5H3/t12-,16+,18+,20-,21+,22+,23+,24+,25-,26-/m1/s1. The number of aliphatic hydroxyl groups excluding tert-OH is 1. The van der Waals surface area contributed by atoms with Crippen LogP contribution in [-0.2, 0) is 28.7 Å². The normalized spacial score (nSPS) is 47.2. The first-order valence-electron chi connectivity index (χ1n) is 12.0. The lowest BCUT2D eigenvalue weighted by Crippen LogP contribution is -2.73. The number of carbonyl (C=O) groups is 4. The predicted molar refractivity (Wildman–Crippen MR) is 127 cm³/mol. The van der Waals surface area contributed by atoms with E-state index < -0.39 is 87.1 Å². The number of aliphatic hydroxyl groups is 1. The molecule has 0 heterocycles. The molecule has 0 aliphatic heterocycles. The fraction of sp³-hybridized carbons (Fsp3) is 0.692. The van der Waals surface area contributed by atoms with Gasteiger partial charge in [-0.1, -0.05) is 35.9 Å². The monoisotopic (exact) mass is 572 g/mol. The highest BCUT2D eigenvalue weighted by molar-refractivity contribution is 9.09. The summed E-state index contributed by atoms with van der Waals surface area (Å²) in [6.45, 7) is 6.46. The van der Waals surface area contributed by atoms with E-state index in [2.05, 4.69) is 15.9 Å². The summed E-state index contributed by atoms with van der Waals surface area (Å²) in [5.41, 5.74) is -7.15. The molecule has 0 bridgehead atoms. The lowest BCUT2D eigenvalue weighted by Gasteiger charge is -2.64. The second-order valence-corrected chi connectivity index (χ2v) is 12.1. The summed E-state index contributed by atoms with van der Waals surface area (Å²) in [4.78, 5) is 48.3. The number of fused-ring (bicyclic) bond motifs is 5. The fourth-order valence-corrected chi connectivity index (χ4v) is 8.87. The van der Waals surface area contributed by atoms with E-state index in [1.807, 2.05) is 0 Å². The van der Waals surface area contributed by atoms with Crippen LogP contribution in [0.1, 0.15) is 47.5 Å². The number of Topliss-reactive ketones (excluding diaryl/α,β-unsaturated/α-hetero) is 1. The predicted octanol–water partition coefficient (Wildman–Crippen LogP) is 3.36. The number of alkyl halides is 3. The topological polar surface area (TPSA) is 107 Å². The maximum absolute atomic E-state index is 17.5. The molecule has 0 aromatic carbocycles. The minimum Gasteiger partial charge on any atom is -0.458 e. The van der Waals surface area contributed by atoms with Gasteiger partial charge in [0.15, 0.2) is 23.7 Å². The molecule has 0 unspecified atom stereocenters. The quantitative estimate of drug-likeness (QED) is 0.406. The van der Waals surface area contributed by atoms with Crippen molar-refractivity contribution < 1.29 is 42.5 Å². The molecule has 3 saturated carbocycles. The molecule has 3 fully saturated rings. The first-order chi connectivity index (χ1) is 16.6. The molecular formula is C26H31BrF2O7. The van der Waals surface area contributed by atoms with Crippen LogP contribution in [-0.4, -0.2) is 63.6 Å². The number of ketones is 2. The van der Waals surface area contributed by atoms with Crippen LogP contribution in [0.3, 0.4) is 0 Å². The molecule has 7 nitrogen and oxygen atoms in total. The van der Waals surface area contributed by atoms with Gasteiger partial charge in [-0.15, -0.1) is 0 Å². The molecule has 4 aliphatic carbocycles. The molecule has 10 atom stereocenters. The van der Waals surface area contributed by atoms with Crippen LogP contribution in [0.15, 0.2) is 23.8 Å².